The summed E-state index contributed by atoms with van der Waals surface area (Å²) < 4.78 is 0. The Bertz CT molecular complexity index is 263. The molecule has 0 aliphatic carbocycles. The van der Waals surface area contributed by atoms with Gasteiger partial charge in [-0.1, -0.05) is 20.8 Å². The number of amides is 1. The molecule has 1 aliphatic rings. The predicted molar refractivity (Wildman–Crippen MR) is 75.1 cm³/mol. The van der Waals surface area contributed by atoms with Gasteiger partial charge >= 0.3 is 0 Å². The van der Waals surface area contributed by atoms with Gasteiger partial charge in [-0.25, -0.2) is 0 Å². The summed E-state index contributed by atoms with van der Waals surface area (Å²) in [7, 11) is 0. The average Bonchev–Trinajstić information content (AvgIpc) is 2.73. The number of likely N-dealkylation sites (tertiary alicyclic amines) is 1. The Morgan fingerprint density at radius 3 is 2.65 bits per heavy atom. The minimum Gasteiger partial charge on any atom is -0.341 e. The van der Waals surface area contributed by atoms with Crippen LogP contribution in [0.2, 0.25) is 0 Å². The van der Waals surface area contributed by atoms with Gasteiger partial charge < -0.3 is 10.6 Å². The van der Waals surface area contributed by atoms with Crippen LogP contribution in [-0.4, -0.2) is 41.9 Å². The van der Waals surface area contributed by atoms with Crippen LogP contribution < -0.4 is 5.73 Å². The van der Waals surface area contributed by atoms with Gasteiger partial charge in [0.2, 0.25) is 5.91 Å². The molecule has 1 saturated heterocycles. The number of nitrogens with two attached hydrogens (primary N) is 1. The van der Waals surface area contributed by atoms with E-state index in [1.54, 1.807) is 11.8 Å². The maximum atomic E-state index is 12.1. The first kappa shape index (κ1) is 14.8. The Labute approximate surface area is 109 Å². The van der Waals surface area contributed by atoms with Crippen molar-refractivity contribution in [3.8, 4) is 0 Å². The maximum absolute atomic E-state index is 12.1. The minimum atomic E-state index is -0.304. The molecule has 1 fully saturated rings. The van der Waals surface area contributed by atoms with E-state index in [9.17, 15) is 4.79 Å². The summed E-state index contributed by atoms with van der Waals surface area (Å²) in [5.41, 5.74) is 6.22. The van der Waals surface area contributed by atoms with Gasteiger partial charge in [0.1, 0.15) is 0 Å². The second-order valence-electron chi connectivity index (χ2n) is 6.02. The summed E-state index contributed by atoms with van der Waals surface area (Å²) in [6.45, 7) is 8.51. The summed E-state index contributed by atoms with van der Waals surface area (Å²) >= 11 is 1.74. The van der Waals surface area contributed by atoms with Crippen molar-refractivity contribution in [2.24, 2.45) is 17.1 Å². The highest BCUT2D eigenvalue weighted by molar-refractivity contribution is 7.98. The molecular weight excluding hydrogens is 232 g/mol. The van der Waals surface area contributed by atoms with Crippen molar-refractivity contribution < 1.29 is 4.79 Å². The zero-order chi connectivity index (χ0) is 13.1. The molecule has 100 valence electrons. The molecule has 0 aromatic carbocycles. The SMILES string of the molecule is CSCC[C@H](N)C(=O)N1CCC(C(C)(C)C)C1. The van der Waals surface area contributed by atoms with Gasteiger partial charge in [0.25, 0.3) is 0 Å². The quantitative estimate of drug-likeness (QED) is 0.838. The lowest BCUT2D eigenvalue weighted by Crippen LogP contribution is -2.43. The van der Waals surface area contributed by atoms with E-state index in [4.69, 9.17) is 5.73 Å². The highest BCUT2D eigenvalue weighted by atomic mass is 32.2. The fraction of sp³-hybridized carbons (Fsp3) is 0.923. The number of nitrogens with zero attached hydrogens (tertiary/aromatic N) is 1. The summed E-state index contributed by atoms with van der Waals surface area (Å²) in [6, 6.07) is -0.304. The van der Waals surface area contributed by atoms with Gasteiger partial charge in [-0.05, 0) is 36.2 Å². The second kappa shape index (κ2) is 6.10. The summed E-state index contributed by atoms with van der Waals surface area (Å²) in [5.74, 6) is 1.72. The molecular formula is C13H26N2OS. The molecule has 0 saturated carbocycles. The van der Waals surface area contributed by atoms with E-state index in [1.807, 2.05) is 11.2 Å². The van der Waals surface area contributed by atoms with Crippen LogP contribution in [0.3, 0.4) is 0 Å². The lowest BCUT2D eigenvalue weighted by atomic mass is 9.80. The number of carbonyl (C=O) groups excluding carboxylic acids is 1. The van der Waals surface area contributed by atoms with Crippen molar-refractivity contribution in [1.82, 2.24) is 4.90 Å². The maximum Gasteiger partial charge on any atom is 0.239 e. The molecule has 4 heteroatoms. The van der Waals surface area contributed by atoms with Crippen LogP contribution in [0.1, 0.15) is 33.6 Å². The monoisotopic (exact) mass is 258 g/mol. The fourth-order valence-electron chi connectivity index (χ4n) is 2.27. The zero-order valence-electron chi connectivity index (χ0n) is 11.5. The molecule has 0 spiro atoms. The number of hydrogen-bond acceptors (Lipinski definition) is 3. The Balaban J connectivity index is 2.45. The molecule has 0 aromatic rings. The third-order valence-corrected chi connectivity index (χ3v) is 4.32. The lowest BCUT2D eigenvalue weighted by Gasteiger charge is -2.27. The third kappa shape index (κ3) is 4.18. The van der Waals surface area contributed by atoms with Crippen molar-refractivity contribution in [2.75, 3.05) is 25.1 Å². The zero-order valence-corrected chi connectivity index (χ0v) is 12.3. The molecule has 1 heterocycles. The molecule has 1 rings (SSSR count). The normalized spacial score (nSPS) is 22.9. The van der Waals surface area contributed by atoms with Crippen molar-refractivity contribution in [2.45, 2.75) is 39.7 Å². The minimum absolute atomic E-state index is 0.144. The first-order valence-electron chi connectivity index (χ1n) is 6.39. The Hall–Kier alpha value is -0.220. The van der Waals surface area contributed by atoms with E-state index in [-0.39, 0.29) is 11.9 Å². The fourth-order valence-corrected chi connectivity index (χ4v) is 2.76. The van der Waals surface area contributed by atoms with Gasteiger partial charge in [-0.15, -0.1) is 0 Å². The first-order chi connectivity index (χ1) is 7.86. The molecule has 0 bridgehead atoms. The summed E-state index contributed by atoms with van der Waals surface area (Å²) in [4.78, 5) is 14.1. The number of thioether (sulfide) groups is 1. The van der Waals surface area contributed by atoms with Crippen molar-refractivity contribution in [3.05, 3.63) is 0 Å². The van der Waals surface area contributed by atoms with Crippen LogP contribution in [0.5, 0.6) is 0 Å². The van der Waals surface area contributed by atoms with Crippen molar-refractivity contribution >= 4 is 17.7 Å². The van der Waals surface area contributed by atoms with Crippen LogP contribution in [-0.2, 0) is 4.79 Å². The summed E-state index contributed by atoms with van der Waals surface area (Å²) in [5, 5.41) is 0. The molecule has 17 heavy (non-hydrogen) atoms. The van der Waals surface area contributed by atoms with E-state index in [0.29, 0.717) is 11.3 Å². The van der Waals surface area contributed by atoms with Crippen molar-refractivity contribution in [3.63, 3.8) is 0 Å². The average molecular weight is 258 g/mol. The molecule has 1 unspecified atom stereocenters. The van der Waals surface area contributed by atoms with Crippen molar-refractivity contribution in [1.29, 1.82) is 0 Å². The highest BCUT2D eigenvalue weighted by Crippen LogP contribution is 2.33. The van der Waals surface area contributed by atoms with Crippen LogP contribution in [0.25, 0.3) is 0 Å². The van der Waals surface area contributed by atoms with Crippen LogP contribution >= 0.6 is 11.8 Å². The number of carbonyl (C=O) groups is 1. The van der Waals surface area contributed by atoms with E-state index in [2.05, 4.69) is 20.8 Å². The topological polar surface area (TPSA) is 46.3 Å². The second-order valence-corrected chi connectivity index (χ2v) is 7.01. The van der Waals surface area contributed by atoms with Gasteiger partial charge in [0, 0.05) is 13.1 Å². The van der Waals surface area contributed by atoms with Gasteiger partial charge in [0.15, 0.2) is 0 Å². The Morgan fingerprint density at radius 2 is 2.18 bits per heavy atom. The van der Waals surface area contributed by atoms with Gasteiger partial charge in [-0.2, -0.15) is 11.8 Å². The predicted octanol–water partition coefficient (Wildman–Crippen LogP) is 1.96. The van der Waals surface area contributed by atoms with Crippen LogP contribution in [0, 0.1) is 11.3 Å². The highest BCUT2D eigenvalue weighted by Gasteiger charge is 2.34. The van der Waals surface area contributed by atoms with Crippen LogP contribution in [0.4, 0.5) is 0 Å². The molecule has 0 aromatic heterocycles. The molecule has 3 nitrogen and oxygen atoms in total. The standard InChI is InChI=1S/C13H26N2OS/c1-13(2,3)10-5-7-15(9-10)12(16)11(14)6-8-17-4/h10-11H,5-9,14H2,1-4H3/t10?,11-/m0/s1. The number of hydrogen-bond donors (Lipinski definition) is 1. The smallest absolute Gasteiger partial charge is 0.239 e. The van der Waals surface area contributed by atoms with E-state index in [1.165, 1.54) is 0 Å². The molecule has 1 amide bonds. The largest absolute Gasteiger partial charge is 0.341 e. The summed E-state index contributed by atoms with van der Waals surface area (Å²) in [6.07, 6.45) is 3.95. The Morgan fingerprint density at radius 1 is 1.53 bits per heavy atom. The van der Waals surface area contributed by atoms with E-state index >= 15 is 0 Å². The lowest BCUT2D eigenvalue weighted by molar-refractivity contribution is -0.131. The third-order valence-electron chi connectivity index (χ3n) is 3.67. The van der Waals surface area contributed by atoms with E-state index in [0.717, 1.165) is 31.7 Å². The van der Waals surface area contributed by atoms with Gasteiger partial charge in [0.05, 0.1) is 6.04 Å². The number of rotatable bonds is 4. The van der Waals surface area contributed by atoms with Gasteiger partial charge in [-0.3, -0.25) is 4.79 Å². The Kier molecular flexibility index (Phi) is 5.32. The molecule has 0 radical (unpaired) electrons. The van der Waals surface area contributed by atoms with Crippen LogP contribution in [0.15, 0.2) is 0 Å². The van der Waals surface area contributed by atoms with E-state index < -0.39 is 0 Å². The molecule has 1 aliphatic heterocycles. The molecule has 2 atom stereocenters. The first-order valence-corrected chi connectivity index (χ1v) is 7.79. The molecule has 2 N–H and O–H groups in total.